The summed E-state index contributed by atoms with van der Waals surface area (Å²) >= 11 is 0. The molecule has 65 valence electrons. The van der Waals surface area contributed by atoms with Gasteiger partial charge in [-0.15, -0.1) is 0 Å². The zero-order chi connectivity index (χ0) is 9.14. The van der Waals surface area contributed by atoms with Crippen LogP contribution >= 0.6 is 0 Å². The fraction of sp³-hybridized carbons (Fsp3) is 0.500. The van der Waals surface area contributed by atoms with Gasteiger partial charge in [0.15, 0.2) is 0 Å². The van der Waals surface area contributed by atoms with Crippen molar-refractivity contribution in [2.24, 2.45) is 5.92 Å². The lowest BCUT2D eigenvalue weighted by molar-refractivity contribution is 0.328. The molecule has 0 aromatic carbocycles. The summed E-state index contributed by atoms with van der Waals surface area (Å²) in [6.07, 6.45) is 1.33. The molecule has 0 heterocycles. The van der Waals surface area contributed by atoms with Gasteiger partial charge in [0, 0.05) is 5.92 Å². The summed E-state index contributed by atoms with van der Waals surface area (Å²) in [5.74, 6) is -0.791. The maximum absolute atomic E-state index is 13.0. The smallest absolute Gasteiger partial charge is 0.326 e. The molecular formula is C8H10BF2O. The molecule has 0 saturated heterocycles. The summed E-state index contributed by atoms with van der Waals surface area (Å²) in [5.41, 5.74) is 0.198. The van der Waals surface area contributed by atoms with E-state index in [1.165, 1.54) is 6.08 Å². The quantitative estimate of drug-likeness (QED) is 0.595. The highest BCUT2D eigenvalue weighted by atomic mass is 19.1. The molecule has 1 nitrogen and oxygen atoms in total. The molecule has 1 aliphatic rings. The molecule has 2 unspecified atom stereocenters. The van der Waals surface area contributed by atoms with E-state index in [1.54, 1.807) is 6.92 Å². The Hall–Kier alpha value is -0.635. The molecule has 0 bridgehead atoms. The van der Waals surface area contributed by atoms with Crippen LogP contribution in [0.15, 0.2) is 23.5 Å². The van der Waals surface area contributed by atoms with Gasteiger partial charge in [-0.1, -0.05) is 18.5 Å². The van der Waals surface area contributed by atoms with E-state index in [9.17, 15) is 8.78 Å². The number of hydrogen-bond donors (Lipinski definition) is 1. The summed E-state index contributed by atoms with van der Waals surface area (Å²) in [6.45, 7) is 1.62. The number of allylic oxidation sites excluding steroid dienone is 4. The average Bonchev–Trinajstić information content (AvgIpc) is 2.12. The Morgan fingerprint density at radius 3 is 2.92 bits per heavy atom. The molecule has 0 saturated carbocycles. The van der Waals surface area contributed by atoms with Crippen molar-refractivity contribution in [3.8, 4) is 0 Å². The lowest BCUT2D eigenvalue weighted by Crippen LogP contribution is -2.03. The Bertz CT molecular complexity index is 225. The number of alkyl halides is 1. The van der Waals surface area contributed by atoms with Crippen molar-refractivity contribution in [3.05, 3.63) is 23.5 Å². The van der Waals surface area contributed by atoms with Crippen LogP contribution in [0.2, 0.25) is 0 Å². The highest BCUT2D eigenvalue weighted by molar-refractivity contribution is 6.37. The lowest BCUT2D eigenvalue weighted by Gasteiger charge is -2.06. The van der Waals surface area contributed by atoms with Crippen molar-refractivity contribution < 1.29 is 13.8 Å². The van der Waals surface area contributed by atoms with E-state index >= 15 is 0 Å². The highest BCUT2D eigenvalue weighted by Gasteiger charge is 2.18. The fourth-order valence-corrected chi connectivity index (χ4v) is 1.16. The molecule has 1 rings (SSSR count). The monoisotopic (exact) mass is 171 g/mol. The summed E-state index contributed by atoms with van der Waals surface area (Å²) in [5, 5.41) is 8.57. The van der Waals surface area contributed by atoms with Crippen molar-refractivity contribution in [1.29, 1.82) is 0 Å². The van der Waals surface area contributed by atoms with Gasteiger partial charge in [0.2, 0.25) is 0 Å². The van der Waals surface area contributed by atoms with Crippen molar-refractivity contribution in [3.63, 3.8) is 0 Å². The van der Waals surface area contributed by atoms with E-state index in [2.05, 4.69) is 0 Å². The lowest BCUT2D eigenvalue weighted by atomic mass is 9.87. The Morgan fingerprint density at radius 2 is 2.33 bits per heavy atom. The van der Waals surface area contributed by atoms with Gasteiger partial charge in [-0.2, -0.15) is 0 Å². The van der Waals surface area contributed by atoms with Gasteiger partial charge in [0.1, 0.15) is 12.0 Å². The van der Waals surface area contributed by atoms with Crippen molar-refractivity contribution in [2.45, 2.75) is 19.5 Å². The zero-order valence-electron chi connectivity index (χ0n) is 6.80. The predicted octanol–water partition coefficient (Wildman–Crippen LogP) is 1.71. The molecule has 0 aromatic rings. The molecule has 12 heavy (non-hydrogen) atoms. The van der Waals surface area contributed by atoms with E-state index in [4.69, 9.17) is 5.02 Å². The minimum absolute atomic E-state index is 0.139. The fourth-order valence-electron chi connectivity index (χ4n) is 1.16. The maximum atomic E-state index is 13.0. The normalized spacial score (nSPS) is 30.3. The van der Waals surface area contributed by atoms with Crippen LogP contribution < -0.4 is 0 Å². The van der Waals surface area contributed by atoms with E-state index in [1.807, 2.05) is 0 Å². The highest BCUT2D eigenvalue weighted by Crippen LogP contribution is 2.25. The van der Waals surface area contributed by atoms with Gasteiger partial charge in [0.05, 0.1) is 0 Å². The van der Waals surface area contributed by atoms with Crippen molar-refractivity contribution in [2.75, 3.05) is 0 Å². The Labute approximate surface area is 71.1 Å². The van der Waals surface area contributed by atoms with Crippen LogP contribution in [0.4, 0.5) is 8.78 Å². The summed E-state index contributed by atoms with van der Waals surface area (Å²) < 4.78 is 25.9. The molecule has 1 N–H and O–H groups in total. The van der Waals surface area contributed by atoms with Gasteiger partial charge < -0.3 is 5.02 Å². The average molecular weight is 171 g/mol. The van der Waals surface area contributed by atoms with Crippen LogP contribution in [0.25, 0.3) is 0 Å². The van der Waals surface area contributed by atoms with Crippen LogP contribution in [0.3, 0.4) is 0 Å². The van der Waals surface area contributed by atoms with E-state index in [-0.39, 0.29) is 17.7 Å². The number of halogens is 2. The Kier molecular flexibility index (Phi) is 3.03. The summed E-state index contributed by atoms with van der Waals surface area (Å²) in [7, 11) is 0.712. The molecule has 0 spiro atoms. The third kappa shape index (κ3) is 2.17. The molecule has 4 heteroatoms. The van der Waals surface area contributed by atoms with Crippen LogP contribution in [-0.2, 0) is 0 Å². The molecule has 0 fully saturated rings. The Balaban J connectivity index is 2.84. The van der Waals surface area contributed by atoms with Crippen LogP contribution in [-0.4, -0.2) is 18.7 Å². The van der Waals surface area contributed by atoms with Gasteiger partial charge in [0.25, 0.3) is 0 Å². The Morgan fingerprint density at radius 1 is 1.67 bits per heavy atom. The molecular weight excluding hydrogens is 161 g/mol. The van der Waals surface area contributed by atoms with Gasteiger partial charge in [-0.05, 0) is 12.5 Å². The molecule has 0 aromatic heterocycles. The largest absolute Gasteiger partial charge is 0.450 e. The van der Waals surface area contributed by atoms with Crippen LogP contribution in [0.1, 0.15) is 13.3 Å². The second kappa shape index (κ2) is 3.85. The maximum Gasteiger partial charge on any atom is 0.326 e. The first-order valence-electron chi connectivity index (χ1n) is 3.84. The van der Waals surface area contributed by atoms with E-state index < -0.39 is 12.1 Å². The molecule has 2 atom stereocenters. The molecule has 1 aliphatic carbocycles. The van der Waals surface area contributed by atoms with E-state index in [0.29, 0.717) is 7.48 Å². The second-order valence-corrected chi connectivity index (χ2v) is 2.98. The third-order valence-corrected chi connectivity index (χ3v) is 1.88. The minimum Gasteiger partial charge on any atom is -0.450 e. The first-order chi connectivity index (χ1) is 5.63. The standard InChI is InChI=1S/C8H10BF2O/c1-5-2-7(10)3-6(9-12)4-8(5)11/h3-5,7,12H,2H2,1H3. The first kappa shape index (κ1) is 9.45. The van der Waals surface area contributed by atoms with Crippen LogP contribution in [0.5, 0.6) is 0 Å². The SMILES string of the molecule is CC1CC(F)C=C([B]O)C=C1F. The third-order valence-electron chi connectivity index (χ3n) is 1.88. The summed E-state index contributed by atoms with van der Waals surface area (Å²) in [6, 6.07) is 0. The topological polar surface area (TPSA) is 20.2 Å². The van der Waals surface area contributed by atoms with Crippen LogP contribution in [0, 0.1) is 5.92 Å². The first-order valence-corrected chi connectivity index (χ1v) is 3.84. The molecule has 0 amide bonds. The van der Waals surface area contributed by atoms with E-state index in [0.717, 1.165) is 6.08 Å². The number of hydrogen-bond acceptors (Lipinski definition) is 1. The molecule has 0 aliphatic heterocycles. The number of rotatable bonds is 1. The van der Waals surface area contributed by atoms with Gasteiger partial charge >= 0.3 is 7.48 Å². The predicted molar refractivity (Wildman–Crippen MR) is 43.9 cm³/mol. The van der Waals surface area contributed by atoms with Gasteiger partial charge in [-0.25, -0.2) is 8.78 Å². The summed E-state index contributed by atoms with van der Waals surface area (Å²) in [4.78, 5) is 0. The van der Waals surface area contributed by atoms with Gasteiger partial charge in [-0.3, -0.25) is 0 Å². The second-order valence-electron chi connectivity index (χ2n) is 2.98. The zero-order valence-corrected chi connectivity index (χ0v) is 6.80. The molecule has 1 radical (unpaired) electrons. The van der Waals surface area contributed by atoms with Crippen molar-refractivity contribution in [1.82, 2.24) is 0 Å². The van der Waals surface area contributed by atoms with Crippen molar-refractivity contribution >= 4 is 7.48 Å². The minimum atomic E-state index is -1.18.